The van der Waals surface area contributed by atoms with Crippen LogP contribution >= 0.6 is 0 Å². The number of ether oxygens (including phenoxy) is 1. The van der Waals surface area contributed by atoms with Crippen LogP contribution in [0.1, 0.15) is 0 Å². The highest BCUT2D eigenvalue weighted by atomic mass is 32.2. The van der Waals surface area contributed by atoms with E-state index in [1.165, 1.54) is 25.3 Å². The van der Waals surface area contributed by atoms with Gasteiger partial charge in [-0.3, -0.25) is 4.72 Å². The van der Waals surface area contributed by atoms with Crippen molar-refractivity contribution in [1.29, 1.82) is 0 Å². The smallest absolute Gasteiger partial charge is 0.262 e. The first kappa shape index (κ1) is 14.9. The average molecular weight is 312 g/mol. The first-order chi connectivity index (χ1) is 9.83. The lowest BCUT2D eigenvalue weighted by Crippen LogP contribution is -2.14. The number of hydrogen-bond donors (Lipinski definition) is 3. The molecule has 0 radical (unpaired) electrons. The van der Waals surface area contributed by atoms with Crippen LogP contribution in [0.5, 0.6) is 11.5 Å². The molecule has 21 heavy (non-hydrogen) atoms. The van der Waals surface area contributed by atoms with Crippen molar-refractivity contribution < 1.29 is 22.7 Å². The number of phenols is 1. The highest BCUT2D eigenvalue weighted by molar-refractivity contribution is 7.92. The zero-order valence-corrected chi connectivity index (χ0v) is 11.8. The predicted molar refractivity (Wildman–Crippen MR) is 76.3 cm³/mol. The molecule has 6 nitrogen and oxygen atoms in total. The number of benzene rings is 2. The zero-order valence-electron chi connectivity index (χ0n) is 11.0. The minimum absolute atomic E-state index is 0.0466. The van der Waals surface area contributed by atoms with Crippen molar-refractivity contribution in [3.8, 4) is 11.5 Å². The van der Waals surface area contributed by atoms with E-state index in [4.69, 9.17) is 10.5 Å². The van der Waals surface area contributed by atoms with Crippen molar-refractivity contribution in [3.63, 3.8) is 0 Å². The molecule has 0 amide bonds. The molecule has 0 saturated heterocycles. The number of halogens is 1. The number of nitrogens with one attached hydrogen (secondary N) is 1. The second kappa shape index (κ2) is 5.49. The molecule has 0 aromatic heterocycles. The minimum Gasteiger partial charge on any atom is -0.506 e. The molecule has 8 heteroatoms. The fourth-order valence-electron chi connectivity index (χ4n) is 1.65. The lowest BCUT2D eigenvalue weighted by Gasteiger charge is -2.12. The molecule has 0 bridgehead atoms. The molecular formula is C13H13FN2O4S. The summed E-state index contributed by atoms with van der Waals surface area (Å²) >= 11 is 0. The molecule has 0 unspecified atom stereocenters. The van der Waals surface area contributed by atoms with Gasteiger partial charge in [0.1, 0.15) is 17.3 Å². The van der Waals surface area contributed by atoms with Crippen LogP contribution in [0, 0.1) is 5.82 Å². The van der Waals surface area contributed by atoms with Gasteiger partial charge in [0.05, 0.1) is 23.4 Å². The Balaban J connectivity index is 2.39. The lowest BCUT2D eigenvalue weighted by atomic mass is 10.3. The van der Waals surface area contributed by atoms with E-state index < -0.39 is 15.8 Å². The Morgan fingerprint density at radius 2 is 1.95 bits per heavy atom. The van der Waals surface area contributed by atoms with Gasteiger partial charge >= 0.3 is 0 Å². The van der Waals surface area contributed by atoms with Crippen molar-refractivity contribution in [2.45, 2.75) is 4.90 Å². The molecule has 0 aliphatic heterocycles. The molecule has 0 aliphatic rings. The third kappa shape index (κ3) is 3.16. The van der Waals surface area contributed by atoms with E-state index in [2.05, 4.69) is 4.72 Å². The number of nitrogen functional groups attached to an aromatic ring is 1. The number of methoxy groups -OCH3 is 1. The second-order valence-electron chi connectivity index (χ2n) is 4.17. The average Bonchev–Trinajstić information content (AvgIpc) is 2.43. The van der Waals surface area contributed by atoms with Gasteiger partial charge in [0, 0.05) is 6.07 Å². The van der Waals surface area contributed by atoms with Crippen molar-refractivity contribution in [3.05, 3.63) is 42.2 Å². The van der Waals surface area contributed by atoms with Crippen LogP contribution in [0.2, 0.25) is 0 Å². The van der Waals surface area contributed by atoms with Gasteiger partial charge in [-0.05, 0) is 30.3 Å². The summed E-state index contributed by atoms with van der Waals surface area (Å²) in [5.74, 6) is -0.720. The molecule has 0 spiro atoms. The summed E-state index contributed by atoms with van der Waals surface area (Å²) in [5, 5.41) is 9.31. The van der Waals surface area contributed by atoms with Gasteiger partial charge in [-0.25, -0.2) is 12.8 Å². The molecule has 2 rings (SSSR count). The number of phenolic OH excluding ortho intramolecular Hbond substituents is 1. The summed E-state index contributed by atoms with van der Waals surface area (Å²) in [6.07, 6.45) is 0. The van der Waals surface area contributed by atoms with Gasteiger partial charge in [-0.1, -0.05) is 0 Å². The van der Waals surface area contributed by atoms with Crippen LogP contribution in [0.3, 0.4) is 0 Å². The summed E-state index contributed by atoms with van der Waals surface area (Å²) in [7, 11) is -2.64. The van der Waals surface area contributed by atoms with E-state index in [1.807, 2.05) is 0 Å². The first-order valence-electron chi connectivity index (χ1n) is 5.78. The fraction of sp³-hybridized carbons (Fsp3) is 0.0769. The van der Waals surface area contributed by atoms with Crippen molar-refractivity contribution in [1.82, 2.24) is 0 Å². The highest BCUT2D eigenvalue weighted by Crippen LogP contribution is 2.29. The number of hydrogen-bond acceptors (Lipinski definition) is 5. The molecule has 2 aromatic carbocycles. The molecule has 0 atom stereocenters. The summed E-state index contributed by atoms with van der Waals surface area (Å²) in [5.41, 5.74) is 5.49. The van der Waals surface area contributed by atoms with E-state index in [-0.39, 0.29) is 27.8 Å². The normalized spacial score (nSPS) is 11.1. The van der Waals surface area contributed by atoms with Crippen LogP contribution in [-0.4, -0.2) is 20.6 Å². The Labute approximate surface area is 121 Å². The third-order valence-corrected chi connectivity index (χ3v) is 4.08. The van der Waals surface area contributed by atoms with E-state index in [1.54, 1.807) is 0 Å². The Morgan fingerprint density at radius 3 is 2.57 bits per heavy atom. The topological polar surface area (TPSA) is 102 Å². The summed E-state index contributed by atoms with van der Waals surface area (Å²) in [4.78, 5) is -0.135. The molecule has 112 valence electrons. The molecule has 2 aromatic rings. The molecule has 0 aliphatic carbocycles. The predicted octanol–water partition coefficient (Wildman–Crippen LogP) is 1.92. The van der Waals surface area contributed by atoms with Gasteiger partial charge < -0.3 is 15.6 Å². The number of sulfonamides is 1. The van der Waals surface area contributed by atoms with E-state index in [0.29, 0.717) is 0 Å². The highest BCUT2D eigenvalue weighted by Gasteiger charge is 2.18. The zero-order chi connectivity index (χ0) is 15.6. The monoisotopic (exact) mass is 312 g/mol. The molecule has 4 N–H and O–H groups in total. The van der Waals surface area contributed by atoms with Crippen LogP contribution in [0.25, 0.3) is 0 Å². The molecule has 0 fully saturated rings. The molecular weight excluding hydrogens is 299 g/mol. The minimum atomic E-state index is -3.94. The standard InChI is InChI=1S/C13H13FN2O4S/c1-20-13-6-8(14)2-4-11(13)16-21(18,19)9-3-5-12(17)10(15)7-9/h2-7,16-17H,15H2,1H3. The second-order valence-corrected chi connectivity index (χ2v) is 5.85. The van der Waals surface area contributed by atoms with E-state index >= 15 is 0 Å². The van der Waals surface area contributed by atoms with Gasteiger partial charge in [0.25, 0.3) is 10.0 Å². The summed E-state index contributed by atoms with van der Waals surface area (Å²) in [6, 6.07) is 6.90. The molecule has 0 saturated carbocycles. The fourth-order valence-corrected chi connectivity index (χ4v) is 2.76. The summed E-state index contributed by atoms with van der Waals surface area (Å²) in [6.45, 7) is 0. The van der Waals surface area contributed by atoms with Crippen LogP contribution < -0.4 is 15.2 Å². The Kier molecular flexibility index (Phi) is 3.90. The van der Waals surface area contributed by atoms with E-state index in [0.717, 1.165) is 18.2 Å². The quantitative estimate of drug-likeness (QED) is 0.591. The van der Waals surface area contributed by atoms with Crippen molar-refractivity contribution >= 4 is 21.4 Å². The number of aromatic hydroxyl groups is 1. The first-order valence-corrected chi connectivity index (χ1v) is 7.26. The van der Waals surface area contributed by atoms with Gasteiger partial charge in [-0.15, -0.1) is 0 Å². The third-order valence-electron chi connectivity index (χ3n) is 2.72. The molecule has 0 heterocycles. The SMILES string of the molecule is COc1cc(F)ccc1NS(=O)(=O)c1ccc(O)c(N)c1. The van der Waals surface area contributed by atoms with Gasteiger partial charge in [0.15, 0.2) is 0 Å². The maximum Gasteiger partial charge on any atom is 0.262 e. The number of rotatable bonds is 4. The van der Waals surface area contributed by atoms with Crippen molar-refractivity contribution in [2.75, 3.05) is 17.6 Å². The van der Waals surface area contributed by atoms with Crippen LogP contribution in [0.4, 0.5) is 15.8 Å². The Bertz CT molecular complexity index is 778. The number of nitrogens with two attached hydrogens (primary N) is 1. The number of anilines is 2. The Morgan fingerprint density at radius 1 is 1.24 bits per heavy atom. The van der Waals surface area contributed by atoms with Crippen LogP contribution in [0.15, 0.2) is 41.3 Å². The van der Waals surface area contributed by atoms with Gasteiger partial charge in [0.2, 0.25) is 0 Å². The summed E-state index contributed by atoms with van der Waals surface area (Å²) < 4.78 is 44.7. The maximum absolute atomic E-state index is 13.1. The van der Waals surface area contributed by atoms with Crippen molar-refractivity contribution in [2.24, 2.45) is 0 Å². The largest absolute Gasteiger partial charge is 0.506 e. The van der Waals surface area contributed by atoms with E-state index in [9.17, 15) is 17.9 Å². The lowest BCUT2D eigenvalue weighted by molar-refractivity contribution is 0.413. The van der Waals surface area contributed by atoms with Gasteiger partial charge in [-0.2, -0.15) is 0 Å². The van der Waals surface area contributed by atoms with Crippen LogP contribution in [-0.2, 0) is 10.0 Å². The maximum atomic E-state index is 13.1. The Hall–Kier alpha value is -2.48.